The fourth-order valence-corrected chi connectivity index (χ4v) is 3.33. The number of methoxy groups -OCH3 is 1. The molecule has 2 saturated heterocycles. The maximum absolute atomic E-state index is 12.6. The van der Waals surface area contributed by atoms with Crippen LogP contribution < -0.4 is 10.5 Å². The number of nitrogens with two attached hydrogens (primary N) is 1. The molecule has 0 aromatic heterocycles. The minimum Gasteiger partial charge on any atom is -0.497 e. The van der Waals surface area contributed by atoms with Crippen LogP contribution in [-0.2, 0) is 9.53 Å². The van der Waals surface area contributed by atoms with Crippen molar-refractivity contribution in [2.75, 3.05) is 39.8 Å². The van der Waals surface area contributed by atoms with Crippen LogP contribution in [-0.4, -0.2) is 73.7 Å². The largest absolute Gasteiger partial charge is 0.497 e. The molecular weight excluding hydrogens is 322 g/mol. The Balaban J connectivity index is 1.54. The number of carbonyl (C=O) groups is 2. The zero-order valence-electron chi connectivity index (χ0n) is 14.5. The molecule has 3 rings (SSSR count). The molecule has 2 N–H and O–H groups in total. The number of hydrogen-bond donors (Lipinski definition) is 1. The average Bonchev–Trinajstić information content (AvgIpc) is 3.16. The van der Waals surface area contributed by atoms with Crippen LogP contribution in [0.1, 0.15) is 23.2 Å². The van der Waals surface area contributed by atoms with Crippen molar-refractivity contribution in [3.05, 3.63) is 29.8 Å². The summed E-state index contributed by atoms with van der Waals surface area (Å²) in [7, 11) is 1.58. The quantitative estimate of drug-likeness (QED) is 0.857. The monoisotopic (exact) mass is 347 g/mol. The van der Waals surface area contributed by atoms with Crippen LogP contribution in [0.3, 0.4) is 0 Å². The summed E-state index contributed by atoms with van der Waals surface area (Å²) in [6.45, 7) is 2.56. The van der Waals surface area contributed by atoms with Gasteiger partial charge in [0.15, 0.2) is 0 Å². The molecule has 0 spiro atoms. The highest BCUT2D eigenvalue weighted by molar-refractivity contribution is 5.94. The second kappa shape index (κ2) is 7.84. The highest BCUT2D eigenvalue weighted by Gasteiger charge is 2.34. The molecule has 2 aliphatic heterocycles. The summed E-state index contributed by atoms with van der Waals surface area (Å²) >= 11 is 0. The van der Waals surface area contributed by atoms with Gasteiger partial charge in [-0.15, -0.1) is 0 Å². The number of ether oxygens (including phenoxy) is 2. The maximum atomic E-state index is 12.6. The van der Waals surface area contributed by atoms with E-state index in [4.69, 9.17) is 15.2 Å². The summed E-state index contributed by atoms with van der Waals surface area (Å²) in [5, 5.41) is 0. The molecule has 25 heavy (non-hydrogen) atoms. The number of rotatable bonds is 4. The first-order chi connectivity index (χ1) is 12.1. The molecule has 2 atom stereocenters. The highest BCUT2D eigenvalue weighted by Crippen LogP contribution is 2.22. The first-order valence-corrected chi connectivity index (χ1v) is 8.70. The summed E-state index contributed by atoms with van der Waals surface area (Å²) in [6.07, 6.45) is 1.17. The molecule has 7 nitrogen and oxygen atoms in total. The molecule has 136 valence electrons. The van der Waals surface area contributed by atoms with E-state index in [-0.39, 0.29) is 24.0 Å². The molecule has 1 aromatic carbocycles. The van der Waals surface area contributed by atoms with Crippen LogP contribution in [0.4, 0.5) is 0 Å². The summed E-state index contributed by atoms with van der Waals surface area (Å²) in [6, 6.07) is 7.13. The second-order valence-corrected chi connectivity index (χ2v) is 6.41. The second-order valence-electron chi connectivity index (χ2n) is 6.41. The molecule has 0 unspecified atom stereocenters. The van der Waals surface area contributed by atoms with E-state index in [0.29, 0.717) is 44.0 Å². The van der Waals surface area contributed by atoms with E-state index in [0.717, 1.165) is 12.8 Å². The van der Waals surface area contributed by atoms with Gasteiger partial charge in [-0.25, -0.2) is 0 Å². The Labute approximate surface area is 147 Å². The number of nitrogens with zero attached hydrogens (tertiary/aromatic N) is 2. The molecule has 2 amide bonds. The van der Waals surface area contributed by atoms with E-state index < -0.39 is 0 Å². The molecule has 7 heteroatoms. The Hall–Kier alpha value is -2.12. The predicted molar refractivity (Wildman–Crippen MR) is 92.4 cm³/mol. The number of hydrogen-bond acceptors (Lipinski definition) is 5. The third-order valence-electron chi connectivity index (χ3n) is 4.84. The first kappa shape index (κ1) is 17.7. The Bertz CT molecular complexity index is 629. The van der Waals surface area contributed by atoms with Crippen molar-refractivity contribution in [1.82, 2.24) is 9.80 Å². The van der Waals surface area contributed by atoms with E-state index in [2.05, 4.69) is 0 Å². The molecule has 2 heterocycles. The van der Waals surface area contributed by atoms with E-state index in [9.17, 15) is 9.59 Å². The lowest BCUT2D eigenvalue weighted by Gasteiger charge is -2.36. The van der Waals surface area contributed by atoms with Gasteiger partial charge in [0.2, 0.25) is 0 Å². The molecule has 1 aromatic rings. The Morgan fingerprint density at radius 2 is 1.92 bits per heavy atom. The van der Waals surface area contributed by atoms with Gasteiger partial charge in [-0.1, -0.05) is 6.07 Å². The lowest BCUT2D eigenvalue weighted by molar-refractivity contribution is -0.144. The van der Waals surface area contributed by atoms with Crippen LogP contribution in [0, 0.1) is 0 Å². The van der Waals surface area contributed by atoms with Gasteiger partial charge in [0, 0.05) is 38.3 Å². The molecular formula is C18H25N3O4. The fourth-order valence-electron chi connectivity index (χ4n) is 3.33. The van der Waals surface area contributed by atoms with Crippen molar-refractivity contribution < 1.29 is 19.1 Å². The molecule has 0 bridgehead atoms. The van der Waals surface area contributed by atoms with Crippen molar-refractivity contribution in [3.8, 4) is 5.75 Å². The third-order valence-corrected chi connectivity index (χ3v) is 4.84. The van der Waals surface area contributed by atoms with E-state index in [1.165, 1.54) is 0 Å². The van der Waals surface area contributed by atoms with E-state index in [1.807, 2.05) is 6.07 Å². The van der Waals surface area contributed by atoms with Crippen LogP contribution >= 0.6 is 0 Å². The van der Waals surface area contributed by atoms with Crippen molar-refractivity contribution in [3.63, 3.8) is 0 Å². The first-order valence-electron chi connectivity index (χ1n) is 8.70. The van der Waals surface area contributed by atoms with Crippen molar-refractivity contribution in [2.45, 2.75) is 25.0 Å². The summed E-state index contributed by atoms with van der Waals surface area (Å²) in [5.41, 5.74) is 6.20. The van der Waals surface area contributed by atoms with Crippen LogP contribution in [0.2, 0.25) is 0 Å². The Morgan fingerprint density at radius 3 is 2.56 bits per heavy atom. The Morgan fingerprint density at radius 1 is 1.20 bits per heavy atom. The van der Waals surface area contributed by atoms with Gasteiger partial charge in [-0.3, -0.25) is 9.59 Å². The van der Waals surface area contributed by atoms with Gasteiger partial charge in [0.1, 0.15) is 11.9 Å². The van der Waals surface area contributed by atoms with Crippen LogP contribution in [0.25, 0.3) is 0 Å². The molecule has 0 aliphatic carbocycles. The number of piperazine rings is 1. The molecule has 2 aliphatic rings. The minimum atomic E-state index is -0.380. The number of amides is 2. The standard InChI is InChI=1S/C18H25N3O4/c1-24-14-4-2-3-13(11-14)17(22)20-7-9-21(10-8-20)18(23)16-6-5-15(12-19)25-16/h2-4,11,15-16H,5-10,12,19H2,1H3/t15-,16+/m1/s1. The van der Waals surface area contributed by atoms with Crippen molar-refractivity contribution >= 4 is 11.8 Å². The molecule has 2 fully saturated rings. The smallest absolute Gasteiger partial charge is 0.254 e. The summed E-state index contributed by atoms with van der Waals surface area (Å²) in [4.78, 5) is 28.7. The fraction of sp³-hybridized carbons (Fsp3) is 0.556. The van der Waals surface area contributed by atoms with Gasteiger partial charge < -0.3 is 25.0 Å². The lowest BCUT2D eigenvalue weighted by atomic mass is 10.1. The maximum Gasteiger partial charge on any atom is 0.254 e. The van der Waals surface area contributed by atoms with E-state index >= 15 is 0 Å². The van der Waals surface area contributed by atoms with Crippen LogP contribution in [0.5, 0.6) is 5.75 Å². The van der Waals surface area contributed by atoms with Crippen molar-refractivity contribution in [1.29, 1.82) is 0 Å². The normalized spacial score (nSPS) is 23.6. The van der Waals surface area contributed by atoms with Gasteiger partial charge in [-0.2, -0.15) is 0 Å². The molecule has 0 radical (unpaired) electrons. The van der Waals surface area contributed by atoms with Crippen molar-refractivity contribution in [2.24, 2.45) is 5.73 Å². The Kier molecular flexibility index (Phi) is 5.55. The predicted octanol–water partition coefficient (Wildman–Crippen LogP) is 0.486. The number of benzene rings is 1. The van der Waals surface area contributed by atoms with Gasteiger partial charge in [0.25, 0.3) is 11.8 Å². The SMILES string of the molecule is COc1cccc(C(=O)N2CCN(C(=O)[C@@H]3CC[C@H](CN)O3)CC2)c1. The zero-order valence-corrected chi connectivity index (χ0v) is 14.5. The summed E-state index contributed by atoms with van der Waals surface area (Å²) < 4.78 is 10.9. The highest BCUT2D eigenvalue weighted by atomic mass is 16.5. The lowest BCUT2D eigenvalue weighted by Crippen LogP contribution is -2.53. The number of carbonyl (C=O) groups excluding carboxylic acids is 2. The summed E-state index contributed by atoms with van der Waals surface area (Å²) in [5.74, 6) is 0.642. The van der Waals surface area contributed by atoms with Gasteiger partial charge in [0.05, 0.1) is 13.2 Å². The van der Waals surface area contributed by atoms with E-state index in [1.54, 1.807) is 35.1 Å². The average molecular weight is 347 g/mol. The minimum absolute atomic E-state index is 0.00937. The third kappa shape index (κ3) is 3.93. The molecule has 0 saturated carbocycles. The van der Waals surface area contributed by atoms with Crippen LogP contribution in [0.15, 0.2) is 24.3 Å². The van der Waals surface area contributed by atoms with Gasteiger partial charge in [-0.05, 0) is 31.0 Å². The topological polar surface area (TPSA) is 85.1 Å². The zero-order chi connectivity index (χ0) is 17.8. The van der Waals surface area contributed by atoms with Gasteiger partial charge >= 0.3 is 0 Å².